The van der Waals surface area contributed by atoms with Crippen LogP contribution in [0.4, 0.5) is 17.1 Å². The van der Waals surface area contributed by atoms with Crippen molar-refractivity contribution >= 4 is 49.4 Å². The fraction of sp³-hybridized carbons (Fsp3) is 0.111. The molecule has 1 nitrogen and oxygen atoms in total. The van der Waals surface area contributed by atoms with Crippen LogP contribution in [0.25, 0.3) is 65.7 Å². The van der Waals surface area contributed by atoms with Crippen molar-refractivity contribution in [1.29, 1.82) is 0 Å². The molecule has 0 heterocycles. The lowest BCUT2D eigenvalue weighted by Gasteiger charge is -2.30. The van der Waals surface area contributed by atoms with Crippen LogP contribution in [0.15, 0.2) is 176 Å². The Balaban J connectivity index is 1.09. The van der Waals surface area contributed by atoms with E-state index in [0.717, 1.165) is 5.69 Å². The lowest BCUT2D eigenvalue weighted by molar-refractivity contribution is 0.660. The molecular formula is C54H41N. The van der Waals surface area contributed by atoms with Crippen LogP contribution in [0, 0.1) is 0 Å². The van der Waals surface area contributed by atoms with Gasteiger partial charge in [0.15, 0.2) is 0 Å². The smallest absolute Gasteiger partial charge is 0.0465 e. The molecule has 0 saturated carbocycles. The number of hydrogen-bond donors (Lipinski definition) is 0. The standard InChI is InChI=1S/C54H41N/c1-53(2)49-19-11-9-17-43(49)45-29-26-37(31-51(45)53)55(38-27-30-46-44-18-10-12-20-50(44)54(3,4)52(46)32-38)36-24-21-35(22-25-36)47-33-48-39-14-6-5-13-34(39)23-28-42(48)40-15-7-8-16-41(40)47/h5-33H,1-4H3. The van der Waals surface area contributed by atoms with Gasteiger partial charge in [-0.25, -0.2) is 0 Å². The normalized spacial score (nSPS) is 14.5. The van der Waals surface area contributed by atoms with Crippen molar-refractivity contribution in [2.45, 2.75) is 38.5 Å². The number of fused-ring (bicyclic) bond motifs is 11. The average molecular weight is 704 g/mol. The summed E-state index contributed by atoms with van der Waals surface area (Å²) >= 11 is 0. The van der Waals surface area contributed by atoms with Gasteiger partial charge in [0, 0.05) is 27.9 Å². The van der Waals surface area contributed by atoms with Gasteiger partial charge in [-0.05, 0) is 130 Å². The minimum atomic E-state index is -0.0969. The topological polar surface area (TPSA) is 3.24 Å². The largest absolute Gasteiger partial charge is 0.310 e. The van der Waals surface area contributed by atoms with Crippen molar-refractivity contribution in [3.05, 3.63) is 198 Å². The van der Waals surface area contributed by atoms with Gasteiger partial charge in [0.1, 0.15) is 0 Å². The van der Waals surface area contributed by atoms with E-state index in [1.165, 1.54) is 99.3 Å². The van der Waals surface area contributed by atoms with Gasteiger partial charge in [0.2, 0.25) is 0 Å². The molecule has 0 radical (unpaired) electrons. The zero-order chi connectivity index (χ0) is 37.1. The van der Waals surface area contributed by atoms with E-state index in [0.29, 0.717) is 0 Å². The molecule has 0 unspecified atom stereocenters. The fourth-order valence-corrected chi connectivity index (χ4v) is 10.00. The molecule has 0 aromatic heterocycles. The summed E-state index contributed by atoms with van der Waals surface area (Å²) in [6.45, 7) is 9.47. The second kappa shape index (κ2) is 11.5. The molecular weight excluding hydrogens is 663 g/mol. The summed E-state index contributed by atoms with van der Waals surface area (Å²) in [6, 6.07) is 65.9. The third kappa shape index (κ3) is 4.60. The second-order valence-electron chi connectivity index (χ2n) is 16.5. The Morgan fingerprint density at radius 2 is 0.782 bits per heavy atom. The zero-order valence-corrected chi connectivity index (χ0v) is 31.7. The quantitative estimate of drug-likeness (QED) is 0.165. The van der Waals surface area contributed by atoms with Crippen LogP contribution in [0.1, 0.15) is 49.9 Å². The third-order valence-electron chi connectivity index (χ3n) is 12.9. The van der Waals surface area contributed by atoms with E-state index in [-0.39, 0.29) is 10.8 Å². The first-order valence-corrected chi connectivity index (χ1v) is 19.5. The molecule has 55 heavy (non-hydrogen) atoms. The number of benzene rings is 9. The van der Waals surface area contributed by atoms with Gasteiger partial charge in [0.05, 0.1) is 0 Å². The average Bonchev–Trinajstić information content (AvgIpc) is 3.60. The maximum atomic E-state index is 2.47. The SMILES string of the molecule is CC1(C)c2ccccc2-c2ccc(N(c3ccc(-c4cc5c6ccccc6ccc5c5ccccc45)cc3)c3ccc4c(c3)C(C)(C)c3ccccc3-4)cc21. The maximum absolute atomic E-state index is 2.47. The molecule has 2 aliphatic carbocycles. The molecule has 9 aromatic carbocycles. The molecule has 0 N–H and O–H groups in total. The Bertz CT molecular complexity index is 2930. The van der Waals surface area contributed by atoms with Crippen LogP contribution in [0.5, 0.6) is 0 Å². The lowest BCUT2D eigenvalue weighted by atomic mass is 9.82. The highest BCUT2D eigenvalue weighted by Gasteiger charge is 2.37. The van der Waals surface area contributed by atoms with Gasteiger partial charge >= 0.3 is 0 Å². The summed E-state index contributed by atoms with van der Waals surface area (Å²) in [7, 11) is 0. The lowest BCUT2D eigenvalue weighted by Crippen LogP contribution is -2.18. The monoisotopic (exact) mass is 703 g/mol. The van der Waals surface area contributed by atoms with Crippen molar-refractivity contribution in [2.75, 3.05) is 4.90 Å². The molecule has 0 spiro atoms. The van der Waals surface area contributed by atoms with Crippen LogP contribution in [0.2, 0.25) is 0 Å². The number of anilines is 3. The second-order valence-corrected chi connectivity index (χ2v) is 16.5. The van der Waals surface area contributed by atoms with Crippen LogP contribution < -0.4 is 4.90 Å². The number of hydrogen-bond acceptors (Lipinski definition) is 1. The molecule has 1 heteroatoms. The molecule has 0 atom stereocenters. The summed E-state index contributed by atoms with van der Waals surface area (Å²) in [5.41, 5.74) is 16.6. The first-order chi connectivity index (χ1) is 26.8. The highest BCUT2D eigenvalue weighted by molar-refractivity contribution is 6.21. The van der Waals surface area contributed by atoms with Gasteiger partial charge in [-0.15, -0.1) is 0 Å². The van der Waals surface area contributed by atoms with Gasteiger partial charge in [-0.2, -0.15) is 0 Å². The minimum absolute atomic E-state index is 0.0969. The van der Waals surface area contributed by atoms with Gasteiger partial charge in [0.25, 0.3) is 0 Å². The van der Waals surface area contributed by atoms with Crippen molar-refractivity contribution in [2.24, 2.45) is 0 Å². The first kappa shape index (κ1) is 32.0. The van der Waals surface area contributed by atoms with Crippen LogP contribution in [-0.4, -0.2) is 0 Å². The minimum Gasteiger partial charge on any atom is -0.310 e. The molecule has 9 aromatic rings. The van der Waals surface area contributed by atoms with E-state index in [1.54, 1.807) is 0 Å². The molecule has 0 amide bonds. The Labute approximate surface area is 323 Å². The molecule has 0 fully saturated rings. The predicted octanol–water partition coefficient (Wildman–Crippen LogP) is 14.9. The van der Waals surface area contributed by atoms with Gasteiger partial charge in [-0.1, -0.05) is 161 Å². The third-order valence-corrected chi connectivity index (χ3v) is 12.9. The fourth-order valence-electron chi connectivity index (χ4n) is 10.00. The molecule has 0 saturated heterocycles. The van der Waals surface area contributed by atoms with E-state index in [1.807, 2.05) is 0 Å². The van der Waals surface area contributed by atoms with Gasteiger partial charge in [-0.3, -0.25) is 0 Å². The summed E-state index contributed by atoms with van der Waals surface area (Å²) < 4.78 is 0. The Hall–Kier alpha value is -6.44. The predicted molar refractivity (Wildman–Crippen MR) is 234 cm³/mol. The summed E-state index contributed by atoms with van der Waals surface area (Å²) in [6.07, 6.45) is 0. The van der Waals surface area contributed by atoms with Crippen molar-refractivity contribution in [1.82, 2.24) is 0 Å². The Morgan fingerprint density at radius 1 is 0.309 bits per heavy atom. The van der Waals surface area contributed by atoms with Gasteiger partial charge < -0.3 is 4.90 Å². The van der Waals surface area contributed by atoms with E-state index >= 15 is 0 Å². The highest BCUT2D eigenvalue weighted by atomic mass is 15.1. The Kier molecular flexibility index (Phi) is 6.72. The van der Waals surface area contributed by atoms with Crippen LogP contribution >= 0.6 is 0 Å². The van der Waals surface area contributed by atoms with Crippen molar-refractivity contribution < 1.29 is 0 Å². The maximum Gasteiger partial charge on any atom is 0.0465 e. The van der Waals surface area contributed by atoms with Crippen molar-refractivity contribution in [3.8, 4) is 33.4 Å². The van der Waals surface area contributed by atoms with Crippen LogP contribution in [-0.2, 0) is 10.8 Å². The summed E-state index contributed by atoms with van der Waals surface area (Å²) in [4.78, 5) is 2.47. The molecule has 0 bridgehead atoms. The molecule has 2 aliphatic rings. The van der Waals surface area contributed by atoms with Crippen LogP contribution in [0.3, 0.4) is 0 Å². The summed E-state index contributed by atoms with van der Waals surface area (Å²) in [5.74, 6) is 0. The van der Waals surface area contributed by atoms with E-state index in [9.17, 15) is 0 Å². The van der Waals surface area contributed by atoms with E-state index in [4.69, 9.17) is 0 Å². The van der Waals surface area contributed by atoms with Crippen molar-refractivity contribution in [3.63, 3.8) is 0 Å². The van der Waals surface area contributed by atoms with E-state index in [2.05, 4.69) is 209 Å². The van der Waals surface area contributed by atoms with E-state index < -0.39 is 0 Å². The molecule has 0 aliphatic heterocycles. The molecule has 262 valence electrons. The number of rotatable bonds is 4. The number of nitrogens with zero attached hydrogens (tertiary/aromatic N) is 1. The highest BCUT2D eigenvalue weighted by Crippen LogP contribution is 2.53. The first-order valence-electron chi connectivity index (χ1n) is 19.5. The molecule has 11 rings (SSSR count). The Morgan fingerprint density at radius 3 is 1.40 bits per heavy atom. The summed E-state index contributed by atoms with van der Waals surface area (Å²) in [5, 5.41) is 7.71. The zero-order valence-electron chi connectivity index (χ0n) is 31.7.